The van der Waals surface area contributed by atoms with Crippen LogP contribution in [0.5, 0.6) is 5.75 Å². The monoisotopic (exact) mass is 387 g/mol. The van der Waals surface area contributed by atoms with Crippen molar-refractivity contribution in [2.45, 2.75) is 13.5 Å². The van der Waals surface area contributed by atoms with Crippen LogP contribution in [-0.2, 0) is 6.54 Å². The van der Waals surface area contributed by atoms with Gasteiger partial charge in [-0.05, 0) is 48.5 Å². The van der Waals surface area contributed by atoms with E-state index in [-0.39, 0.29) is 0 Å². The van der Waals surface area contributed by atoms with Gasteiger partial charge in [0.15, 0.2) is 5.11 Å². The fraction of sp³-hybridized carbons (Fsp3) is 0.130. The summed E-state index contributed by atoms with van der Waals surface area (Å²) >= 11 is 5.67. The van der Waals surface area contributed by atoms with Gasteiger partial charge < -0.3 is 10.1 Å². The molecule has 4 nitrogen and oxygen atoms in total. The summed E-state index contributed by atoms with van der Waals surface area (Å²) in [5.74, 6) is 0.830. The van der Waals surface area contributed by atoms with Gasteiger partial charge in [0.1, 0.15) is 11.5 Å². The minimum absolute atomic E-state index is 0.569. The predicted octanol–water partition coefficient (Wildman–Crippen LogP) is 4.97. The summed E-state index contributed by atoms with van der Waals surface area (Å²) in [6.07, 6.45) is 0. The number of benzene rings is 3. The number of hydrogen-bond acceptors (Lipinski definition) is 3. The van der Waals surface area contributed by atoms with E-state index < -0.39 is 0 Å². The molecule has 0 unspecified atom stereocenters. The van der Waals surface area contributed by atoms with E-state index in [0.717, 1.165) is 33.8 Å². The summed E-state index contributed by atoms with van der Waals surface area (Å²) in [5.41, 5.74) is 6.24. The number of hydrogen-bond donors (Lipinski definition) is 1. The number of ether oxygens (including phenoxy) is 1. The maximum atomic E-state index is 5.67. The molecular formula is C23H21N3OS. The third-order valence-electron chi connectivity index (χ3n) is 4.67. The Labute approximate surface area is 170 Å². The molecule has 0 aliphatic carbocycles. The maximum Gasteiger partial charge on any atom is 0.194 e. The second kappa shape index (κ2) is 7.82. The third kappa shape index (κ3) is 3.75. The number of thiocarbonyl (C=S) groups is 1. The largest absolute Gasteiger partial charge is 0.497 e. The minimum Gasteiger partial charge on any atom is -0.497 e. The summed E-state index contributed by atoms with van der Waals surface area (Å²) in [5, 5.41) is 10.7. The molecular weight excluding hydrogens is 366 g/mol. The van der Waals surface area contributed by atoms with E-state index in [0.29, 0.717) is 11.7 Å². The second-order valence-electron chi connectivity index (χ2n) is 6.70. The van der Waals surface area contributed by atoms with Crippen molar-refractivity contribution in [3.63, 3.8) is 0 Å². The van der Waals surface area contributed by atoms with Crippen LogP contribution in [0.25, 0.3) is 0 Å². The van der Waals surface area contributed by atoms with Crippen LogP contribution in [-0.4, -0.2) is 22.9 Å². The van der Waals surface area contributed by atoms with Crippen molar-refractivity contribution in [2.75, 3.05) is 12.4 Å². The average Bonchev–Trinajstić information content (AvgIpc) is 2.85. The molecule has 3 aromatic rings. The molecule has 140 valence electrons. The standard InChI is InChI=1S/C23H21N3OS/c1-16-8-13-20-21(14-16)24-23(28)26(15-17-9-11-19(27-2)12-10-17)25-22(20)18-6-4-3-5-7-18/h3-14H,15H2,1-2H3,(H,24,28). The molecule has 1 aliphatic heterocycles. The second-order valence-corrected chi connectivity index (χ2v) is 7.09. The van der Waals surface area contributed by atoms with Crippen LogP contribution >= 0.6 is 12.2 Å². The molecule has 28 heavy (non-hydrogen) atoms. The van der Waals surface area contributed by atoms with E-state index in [1.54, 1.807) is 7.11 Å². The Kier molecular flexibility index (Phi) is 5.08. The molecule has 0 atom stereocenters. The van der Waals surface area contributed by atoms with Crippen LogP contribution in [0.4, 0.5) is 5.69 Å². The highest BCUT2D eigenvalue weighted by molar-refractivity contribution is 7.80. The Balaban J connectivity index is 1.76. The number of nitrogens with one attached hydrogen (secondary N) is 1. The van der Waals surface area contributed by atoms with Crippen LogP contribution in [0, 0.1) is 6.92 Å². The van der Waals surface area contributed by atoms with Gasteiger partial charge in [0.2, 0.25) is 0 Å². The van der Waals surface area contributed by atoms with E-state index in [1.165, 1.54) is 5.56 Å². The van der Waals surface area contributed by atoms with Gasteiger partial charge >= 0.3 is 0 Å². The van der Waals surface area contributed by atoms with Crippen molar-refractivity contribution in [1.82, 2.24) is 5.01 Å². The molecule has 0 spiro atoms. The number of nitrogens with zero attached hydrogens (tertiary/aromatic N) is 2. The lowest BCUT2D eigenvalue weighted by atomic mass is 9.99. The zero-order valence-corrected chi connectivity index (χ0v) is 16.7. The highest BCUT2D eigenvalue weighted by atomic mass is 32.1. The van der Waals surface area contributed by atoms with E-state index in [1.807, 2.05) is 47.5 Å². The van der Waals surface area contributed by atoms with Crippen LogP contribution in [0.1, 0.15) is 22.3 Å². The van der Waals surface area contributed by atoms with Crippen molar-refractivity contribution >= 4 is 28.7 Å². The molecule has 0 bridgehead atoms. The molecule has 0 amide bonds. The zero-order valence-electron chi connectivity index (χ0n) is 15.8. The lowest BCUT2D eigenvalue weighted by Crippen LogP contribution is -2.29. The quantitative estimate of drug-likeness (QED) is 0.642. The highest BCUT2D eigenvalue weighted by Gasteiger charge is 2.21. The highest BCUT2D eigenvalue weighted by Crippen LogP contribution is 2.26. The van der Waals surface area contributed by atoms with Crippen LogP contribution < -0.4 is 10.1 Å². The first-order chi connectivity index (χ1) is 13.6. The summed E-state index contributed by atoms with van der Waals surface area (Å²) in [6, 6.07) is 24.5. The van der Waals surface area contributed by atoms with Crippen molar-refractivity contribution in [1.29, 1.82) is 0 Å². The van der Waals surface area contributed by atoms with Gasteiger partial charge in [-0.1, -0.05) is 54.6 Å². The third-order valence-corrected chi connectivity index (χ3v) is 4.98. The van der Waals surface area contributed by atoms with E-state index in [9.17, 15) is 0 Å². The molecule has 0 fully saturated rings. The fourth-order valence-corrected chi connectivity index (χ4v) is 3.40. The number of rotatable bonds is 4. The minimum atomic E-state index is 0.569. The number of anilines is 1. The molecule has 0 radical (unpaired) electrons. The Morgan fingerprint density at radius 2 is 1.75 bits per heavy atom. The first kappa shape index (κ1) is 18.2. The molecule has 4 rings (SSSR count). The molecule has 0 saturated heterocycles. The van der Waals surface area contributed by atoms with Crippen molar-refractivity contribution < 1.29 is 4.74 Å². The molecule has 1 heterocycles. The van der Waals surface area contributed by atoms with Crippen LogP contribution in [0.2, 0.25) is 0 Å². The van der Waals surface area contributed by atoms with Gasteiger partial charge in [0.05, 0.1) is 19.3 Å². The maximum absolute atomic E-state index is 5.67. The number of aryl methyl sites for hydroxylation is 1. The van der Waals surface area contributed by atoms with Crippen LogP contribution in [0.15, 0.2) is 77.9 Å². The lowest BCUT2D eigenvalue weighted by Gasteiger charge is -2.19. The van der Waals surface area contributed by atoms with Gasteiger partial charge in [-0.2, -0.15) is 5.10 Å². The number of hydrazone groups is 1. The summed E-state index contributed by atoms with van der Waals surface area (Å²) in [6.45, 7) is 2.64. The number of methoxy groups -OCH3 is 1. The first-order valence-corrected chi connectivity index (χ1v) is 9.51. The summed E-state index contributed by atoms with van der Waals surface area (Å²) in [7, 11) is 1.67. The molecule has 3 aromatic carbocycles. The van der Waals surface area contributed by atoms with Crippen molar-refractivity contribution in [3.8, 4) is 5.75 Å². The van der Waals surface area contributed by atoms with E-state index >= 15 is 0 Å². The normalized spacial score (nSPS) is 13.3. The summed E-state index contributed by atoms with van der Waals surface area (Å²) in [4.78, 5) is 0. The predicted molar refractivity (Wildman–Crippen MR) is 118 cm³/mol. The van der Waals surface area contributed by atoms with Crippen molar-refractivity contribution in [2.24, 2.45) is 5.10 Å². The van der Waals surface area contributed by atoms with Gasteiger partial charge in [-0.25, -0.2) is 5.01 Å². The van der Waals surface area contributed by atoms with Gasteiger partial charge in [-0.15, -0.1) is 0 Å². The van der Waals surface area contributed by atoms with Crippen molar-refractivity contribution in [3.05, 3.63) is 95.1 Å². The number of fused-ring (bicyclic) bond motifs is 1. The first-order valence-electron chi connectivity index (χ1n) is 9.10. The Morgan fingerprint density at radius 1 is 1.00 bits per heavy atom. The average molecular weight is 388 g/mol. The Morgan fingerprint density at radius 3 is 2.46 bits per heavy atom. The van der Waals surface area contributed by atoms with Crippen LogP contribution in [0.3, 0.4) is 0 Å². The van der Waals surface area contributed by atoms with E-state index in [4.69, 9.17) is 22.1 Å². The Hall–Kier alpha value is -3.18. The topological polar surface area (TPSA) is 36.9 Å². The SMILES string of the molecule is COc1ccc(CN2N=C(c3ccccc3)c3ccc(C)cc3NC2=S)cc1. The lowest BCUT2D eigenvalue weighted by molar-refractivity contribution is 0.413. The Bertz CT molecular complexity index is 1030. The smallest absolute Gasteiger partial charge is 0.194 e. The molecule has 0 saturated carbocycles. The van der Waals surface area contributed by atoms with E-state index in [2.05, 4.69) is 42.6 Å². The van der Waals surface area contributed by atoms with Gasteiger partial charge in [-0.3, -0.25) is 0 Å². The zero-order chi connectivity index (χ0) is 19.5. The fourth-order valence-electron chi connectivity index (χ4n) is 3.19. The molecule has 0 aromatic heterocycles. The molecule has 1 N–H and O–H groups in total. The molecule has 1 aliphatic rings. The summed E-state index contributed by atoms with van der Waals surface area (Å²) < 4.78 is 5.25. The van der Waals surface area contributed by atoms with Gasteiger partial charge in [0.25, 0.3) is 0 Å². The molecule has 5 heteroatoms. The van der Waals surface area contributed by atoms with Gasteiger partial charge in [0, 0.05) is 11.1 Å².